The molecule has 0 bridgehead atoms. The molecule has 0 aliphatic heterocycles. The Balaban J connectivity index is 2.48. The number of esters is 1. The highest BCUT2D eigenvalue weighted by Crippen LogP contribution is 2.33. The topological polar surface area (TPSA) is 39.2 Å². The summed E-state index contributed by atoms with van der Waals surface area (Å²) >= 11 is 13.0. The third kappa shape index (κ3) is 2.44. The second-order valence-electron chi connectivity index (χ2n) is 3.18. The first kappa shape index (κ1) is 12.4. The molecule has 0 aliphatic rings. The van der Waals surface area contributed by atoms with Crippen molar-refractivity contribution in [3.63, 3.8) is 0 Å². The fraction of sp³-hybridized carbons (Fsp3) is 0.0909. The average Bonchev–Trinajstić information content (AvgIpc) is 2.70. The minimum Gasteiger partial charge on any atom is -0.465 e. The summed E-state index contributed by atoms with van der Waals surface area (Å²) in [4.78, 5) is 11.7. The Morgan fingerprint density at radius 1 is 1.41 bits per heavy atom. The van der Waals surface area contributed by atoms with Crippen LogP contribution in [0.2, 0.25) is 10.0 Å². The van der Waals surface area contributed by atoms with Crippen LogP contribution in [-0.2, 0) is 4.74 Å². The second kappa shape index (κ2) is 5.04. The lowest BCUT2D eigenvalue weighted by atomic mass is 10.1. The van der Waals surface area contributed by atoms with Gasteiger partial charge < -0.3 is 4.74 Å². The third-order valence-electron chi connectivity index (χ3n) is 2.10. The van der Waals surface area contributed by atoms with Crippen molar-refractivity contribution in [3.8, 4) is 11.3 Å². The summed E-state index contributed by atoms with van der Waals surface area (Å²) in [6.45, 7) is 0. The van der Waals surface area contributed by atoms with E-state index >= 15 is 0 Å². The summed E-state index contributed by atoms with van der Waals surface area (Å²) in [7, 11) is 1.30. The zero-order valence-corrected chi connectivity index (χ0v) is 11.1. The molecular weight excluding hydrogens is 281 g/mol. The highest BCUT2D eigenvalue weighted by Gasteiger charge is 2.19. The van der Waals surface area contributed by atoms with Gasteiger partial charge in [-0.2, -0.15) is 4.37 Å². The molecule has 0 spiro atoms. The summed E-state index contributed by atoms with van der Waals surface area (Å²) in [5, 5.41) is 0.885. The van der Waals surface area contributed by atoms with Crippen LogP contribution >= 0.6 is 34.7 Å². The van der Waals surface area contributed by atoms with E-state index in [0.717, 1.165) is 17.1 Å². The van der Waals surface area contributed by atoms with Gasteiger partial charge in [-0.15, -0.1) is 0 Å². The molecule has 17 heavy (non-hydrogen) atoms. The molecule has 6 heteroatoms. The number of carbonyl (C=O) groups excluding carboxylic acids is 1. The minimum atomic E-state index is -0.485. The van der Waals surface area contributed by atoms with Crippen LogP contribution in [0.1, 0.15) is 9.67 Å². The number of aromatic nitrogens is 1. The lowest BCUT2D eigenvalue weighted by molar-refractivity contribution is 0.0606. The fourth-order valence-corrected chi connectivity index (χ4v) is 2.60. The van der Waals surface area contributed by atoms with Crippen molar-refractivity contribution in [1.29, 1.82) is 0 Å². The molecule has 0 amide bonds. The van der Waals surface area contributed by atoms with Crippen molar-refractivity contribution in [2.75, 3.05) is 7.11 Å². The Hall–Kier alpha value is -1.10. The van der Waals surface area contributed by atoms with E-state index in [1.165, 1.54) is 7.11 Å². The van der Waals surface area contributed by atoms with E-state index in [4.69, 9.17) is 23.2 Å². The summed E-state index contributed by atoms with van der Waals surface area (Å²) in [6.07, 6.45) is 0. The monoisotopic (exact) mass is 287 g/mol. The van der Waals surface area contributed by atoms with E-state index in [0.29, 0.717) is 20.6 Å². The molecule has 0 saturated carbocycles. The molecule has 88 valence electrons. The maximum absolute atomic E-state index is 11.4. The zero-order chi connectivity index (χ0) is 12.4. The Labute approximate surface area is 112 Å². The largest absolute Gasteiger partial charge is 0.465 e. The first-order valence-corrected chi connectivity index (χ1v) is 6.16. The van der Waals surface area contributed by atoms with E-state index in [1.54, 1.807) is 18.2 Å². The molecule has 0 saturated heterocycles. The summed E-state index contributed by atoms with van der Waals surface area (Å²) < 4.78 is 8.76. The molecule has 2 rings (SSSR count). The van der Waals surface area contributed by atoms with Crippen molar-refractivity contribution < 1.29 is 9.53 Å². The van der Waals surface area contributed by atoms with Gasteiger partial charge in [0.1, 0.15) is 5.69 Å². The lowest BCUT2D eigenvalue weighted by Crippen LogP contribution is -1.98. The highest BCUT2D eigenvalue weighted by atomic mass is 35.5. The molecule has 0 radical (unpaired) electrons. The van der Waals surface area contributed by atoms with Crippen LogP contribution in [0.4, 0.5) is 0 Å². The SMILES string of the molecule is COC(=O)c1snc(-c2cccc(Cl)c2)c1Cl. The van der Waals surface area contributed by atoms with Crippen LogP contribution in [0.15, 0.2) is 24.3 Å². The van der Waals surface area contributed by atoms with Crippen LogP contribution in [-0.4, -0.2) is 17.5 Å². The standard InChI is InChI=1S/C11H7Cl2NO2S/c1-16-11(15)10-8(13)9(14-17-10)6-3-2-4-7(12)5-6/h2-5H,1H3. The van der Waals surface area contributed by atoms with E-state index in [9.17, 15) is 4.79 Å². The van der Waals surface area contributed by atoms with E-state index in [1.807, 2.05) is 6.07 Å². The smallest absolute Gasteiger partial charge is 0.351 e. The van der Waals surface area contributed by atoms with Gasteiger partial charge >= 0.3 is 5.97 Å². The van der Waals surface area contributed by atoms with Crippen LogP contribution in [0.25, 0.3) is 11.3 Å². The fourth-order valence-electron chi connectivity index (χ4n) is 1.31. The zero-order valence-electron chi connectivity index (χ0n) is 8.74. The van der Waals surface area contributed by atoms with Gasteiger partial charge in [-0.25, -0.2) is 4.79 Å². The Bertz CT molecular complexity index is 568. The summed E-state index contributed by atoms with van der Waals surface area (Å²) in [6, 6.07) is 7.12. The van der Waals surface area contributed by atoms with Gasteiger partial charge in [0.15, 0.2) is 4.88 Å². The minimum absolute atomic E-state index is 0.295. The van der Waals surface area contributed by atoms with Gasteiger partial charge in [0.05, 0.1) is 12.1 Å². The van der Waals surface area contributed by atoms with E-state index in [-0.39, 0.29) is 0 Å². The van der Waals surface area contributed by atoms with Gasteiger partial charge in [-0.3, -0.25) is 0 Å². The number of methoxy groups -OCH3 is 1. The van der Waals surface area contributed by atoms with Crippen LogP contribution in [0.5, 0.6) is 0 Å². The van der Waals surface area contributed by atoms with E-state index < -0.39 is 5.97 Å². The van der Waals surface area contributed by atoms with Crippen LogP contribution in [0.3, 0.4) is 0 Å². The Kier molecular flexibility index (Phi) is 3.66. The Morgan fingerprint density at radius 2 is 2.18 bits per heavy atom. The lowest BCUT2D eigenvalue weighted by Gasteiger charge is -1.99. The third-order valence-corrected chi connectivity index (χ3v) is 3.65. The van der Waals surface area contributed by atoms with Gasteiger partial charge in [0, 0.05) is 10.6 Å². The summed E-state index contributed by atoms with van der Waals surface area (Å²) in [5.74, 6) is -0.485. The molecule has 1 aromatic heterocycles. The molecule has 0 unspecified atom stereocenters. The van der Waals surface area contributed by atoms with Gasteiger partial charge in [-0.05, 0) is 23.7 Å². The molecule has 0 atom stereocenters. The highest BCUT2D eigenvalue weighted by molar-refractivity contribution is 7.09. The predicted molar refractivity (Wildman–Crippen MR) is 68.9 cm³/mol. The second-order valence-corrected chi connectivity index (χ2v) is 4.76. The normalized spacial score (nSPS) is 10.3. The number of rotatable bonds is 2. The van der Waals surface area contributed by atoms with Gasteiger partial charge in [0.25, 0.3) is 0 Å². The quantitative estimate of drug-likeness (QED) is 0.787. The molecule has 0 fully saturated rings. The average molecular weight is 288 g/mol. The number of hydrogen-bond acceptors (Lipinski definition) is 4. The molecular formula is C11H7Cl2NO2S. The summed E-state index contributed by atoms with van der Waals surface area (Å²) in [5.41, 5.74) is 1.31. The number of hydrogen-bond donors (Lipinski definition) is 0. The predicted octanol–water partition coefficient (Wildman–Crippen LogP) is 3.90. The van der Waals surface area contributed by atoms with Crippen LogP contribution < -0.4 is 0 Å². The molecule has 1 heterocycles. The van der Waals surface area contributed by atoms with Gasteiger partial charge in [-0.1, -0.05) is 35.3 Å². The Morgan fingerprint density at radius 3 is 2.82 bits per heavy atom. The van der Waals surface area contributed by atoms with Crippen molar-refractivity contribution >= 4 is 40.7 Å². The number of nitrogens with zero attached hydrogens (tertiary/aromatic N) is 1. The first-order valence-electron chi connectivity index (χ1n) is 4.63. The molecule has 2 aromatic rings. The number of carbonyl (C=O) groups is 1. The molecule has 0 N–H and O–H groups in total. The number of ether oxygens (including phenoxy) is 1. The maximum Gasteiger partial charge on any atom is 0.351 e. The number of benzene rings is 1. The first-order chi connectivity index (χ1) is 8.13. The van der Waals surface area contributed by atoms with Crippen molar-refractivity contribution in [3.05, 3.63) is 39.2 Å². The van der Waals surface area contributed by atoms with Crippen molar-refractivity contribution in [2.24, 2.45) is 0 Å². The van der Waals surface area contributed by atoms with Crippen molar-refractivity contribution in [1.82, 2.24) is 4.37 Å². The van der Waals surface area contributed by atoms with E-state index in [2.05, 4.69) is 9.11 Å². The van der Waals surface area contributed by atoms with Gasteiger partial charge in [0.2, 0.25) is 0 Å². The van der Waals surface area contributed by atoms with Crippen molar-refractivity contribution in [2.45, 2.75) is 0 Å². The molecule has 3 nitrogen and oxygen atoms in total. The molecule has 0 aliphatic carbocycles. The number of halogens is 2. The maximum atomic E-state index is 11.4. The van der Waals surface area contributed by atoms with Crippen LogP contribution in [0, 0.1) is 0 Å². The molecule has 1 aromatic carbocycles.